The van der Waals surface area contributed by atoms with Gasteiger partial charge in [0.2, 0.25) is 0 Å². The molecule has 7 nitrogen and oxygen atoms in total. The molecule has 0 aliphatic heterocycles. The van der Waals surface area contributed by atoms with Gasteiger partial charge in [-0.05, 0) is 87.4 Å². The Hall–Kier alpha value is -3.67. The van der Waals surface area contributed by atoms with Crippen LogP contribution in [0.2, 0.25) is 15.2 Å². The fraction of sp³-hybridized carbons (Fsp3) is 0.220. The van der Waals surface area contributed by atoms with E-state index in [4.69, 9.17) is 58.5 Å². The molecule has 0 fully saturated rings. The number of nitrogens with zero attached hydrogens (tertiary/aromatic N) is 2. The molecule has 6 aromatic rings. The molecule has 0 N–H and O–H groups in total. The van der Waals surface area contributed by atoms with E-state index in [1.54, 1.807) is 20.3 Å². The van der Waals surface area contributed by atoms with Gasteiger partial charge in [-0.1, -0.05) is 95.5 Å². The summed E-state index contributed by atoms with van der Waals surface area (Å²) in [6.45, 7) is 8.20. The molecule has 12 heteroatoms. The highest BCUT2D eigenvalue weighted by atomic mass is 79.9. The first-order valence-corrected chi connectivity index (χ1v) is 19.3. The molecule has 0 aliphatic rings. The number of halogens is 4. The van der Waals surface area contributed by atoms with Crippen molar-refractivity contribution in [1.29, 1.82) is 0 Å². The number of rotatable bonds is 15. The van der Waals surface area contributed by atoms with Crippen LogP contribution >= 0.6 is 62.1 Å². The molecular formula is C41H36BrCl3N2O5S. The molecule has 2 heterocycles. The van der Waals surface area contributed by atoms with Crippen LogP contribution in [-0.4, -0.2) is 50.1 Å². The summed E-state index contributed by atoms with van der Waals surface area (Å²) in [5.74, 6) is 1.76. The molecule has 0 bridgehead atoms. The van der Waals surface area contributed by atoms with Crippen molar-refractivity contribution in [1.82, 2.24) is 9.97 Å². The van der Waals surface area contributed by atoms with Crippen molar-refractivity contribution < 1.29 is 23.7 Å². The van der Waals surface area contributed by atoms with Crippen molar-refractivity contribution >= 4 is 72.3 Å². The summed E-state index contributed by atoms with van der Waals surface area (Å²) in [6.07, 6.45) is 2.47. The van der Waals surface area contributed by atoms with Gasteiger partial charge in [-0.3, -0.25) is 0 Å². The zero-order valence-electron chi connectivity index (χ0n) is 29.4. The Kier molecular flexibility index (Phi) is 12.7. The Morgan fingerprint density at radius 2 is 1.36 bits per heavy atom. The molecule has 1 atom stereocenters. The molecule has 0 saturated carbocycles. The third kappa shape index (κ3) is 7.80. The topological polar surface area (TPSA) is 71.9 Å². The number of hydrogen-bond acceptors (Lipinski definition) is 8. The Morgan fingerprint density at radius 3 is 1.91 bits per heavy atom. The predicted octanol–water partition coefficient (Wildman–Crippen LogP) is 11.7. The highest BCUT2D eigenvalue weighted by molar-refractivity contribution is 9.11. The van der Waals surface area contributed by atoms with Crippen molar-refractivity contribution in [3.05, 3.63) is 145 Å². The standard InChI is InChI=1S/C41H36BrCl3N2O5S/c1-6-20-50-21-31(52-37-35(43)24(2)32(25(3)36(37)44)33-34-39(45)46-23-47-40(34)53-38(33)42)22-51-41(26-10-8-7-9-11-26,27-12-16-29(48-4)17-13-27)28-14-18-30(49-5)19-15-28/h6-19,23,31H,1,20-22H2,2-5H3/t31-/m1/s1. The van der Waals surface area contributed by atoms with Crippen molar-refractivity contribution in [3.8, 4) is 28.4 Å². The zero-order chi connectivity index (χ0) is 37.7. The van der Waals surface area contributed by atoms with Gasteiger partial charge in [-0.25, -0.2) is 9.97 Å². The van der Waals surface area contributed by atoms with Gasteiger partial charge in [-0.2, -0.15) is 0 Å². The number of benzene rings is 4. The molecule has 0 saturated heterocycles. The van der Waals surface area contributed by atoms with Crippen LogP contribution in [0, 0.1) is 13.8 Å². The molecule has 2 aromatic heterocycles. The molecule has 274 valence electrons. The average Bonchev–Trinajstić information content (AvgIpc) is 3.52. The van der Waals surface area contributed by atoms with Gasteiger partial charge in [0.15, 0.2) is 5.75 Å². The maximum absolute atomic E-state index is 7.17. The van der Waals surface area contributed by atoms with Gasteiger partial charge in [0.1, 0.15) is 39.5 Å². The second-order valence-corrected chi connectivity index (χ2v) is 15.5. The van der Waals surface area contributed by atoms with Crippen LogP contribution in [0.5, 0.6) is 17.2 Å². The summed E-state index contributed by atoms with van der Waals surface area (Å²) < 4.78 is 31.7. The summed E-state index contributed by atoms with van der Waals surface area (Å²) in [5.41, 5.74) is 4.73. The maximum atomic E-state index is 7.17. The minimum absolute atomic E-state index is 0.0737. The van der Waals surface area contributed by atoms with Crippen molar-refractivity contribution in [2.45, 2.75) is 25.6 Å². The van der Waals surface area contributed by atoms with E-state index in [2.05, 4.69) is 32.5 Å². The molecule has 4 aromatic carbocycles. The Bertz CT molecular complexity index is 2140. The number of hydrogen-bond donors (Lipinski definition) is 0. The van der Waals surface area contributed by atoms with Crippen molar-refractivity contribution in [2.24, 2.45) is 0 Å². The first-order valence-electron chi connectivity index (χ1n) is 16.5. The third-order valence-corrected chi connectivity index (χ3v) is 11.9. The third-order valence-electron chi connectivity index (χ3n) is 8.94. The van der Waals surface area contributed by atoms with Gasteiger partial charge in [-0.15, -0.1) is 17.9 Å². The van der Waals surface area contributed by atoms with Gasteiger partial charge < -0.3 is 23.7 Å². The lowest BCUT2D eigenvalue weighted by atomic mass is 9.80. The van der Waals surface area contributed by atoms with Crippen molar-refractivity contribution in [3.63, 3.8) is 0 Å². The summed E-state index contributed by atoms with van der Waals surface area (Å²) in [7, 11) is 3.28. The van der Waals surface area contributed by atoms with Crippen LogP contribution in [0.1, 0.15) is 27.8 Å². The quantitative estimate of drug-likeness (QED) is 0.0441. The van der Waals surface area contributed by atoms with Gasteiger partial charge in [0.25, 0.3) is 0 Å². The lowest BCUT2D eigenvalue weighted by Gasteiger charge is -2.37. The van der Waals surface area contributed by atoms with Crippen molar-refractivity contribution in [2.75, 3.05) is 34.0 Å². The van der Waals surface area contributed by atoms with E-state index < -0.39 is 11.7 Å². The molecule has 0 spiro atoms. The smallest absolute Gasteiger partial charge is 0.157 e. The molecule has 6 rings (SSSR count). The lowest BCUT2D eigenvalue weighted by Crippen LogP contribution is -2.38. The van der Waals surface area contributed by atoms with E-state index in [1.807, 2.05) is 92.7 Å². The SMILES string of the molecule is C=CCOC[C@H](COC(c1ccccc1)(c1ccc(OC)cc1)c1ccc(OC)cc1)Oc1c(Cl)c(C)c(-c2c(Br)sc3ncnc(Cl)c23)c(C)c1Cl. The van der Waals surface area contributed by atoms with Gasteiger partial charge >= 0.3 is 0 Å². The average molecular weight is 855 g/mol. The summed E-state index contributed by atoms with van der Waals surface area (Å²) >= 11 is 26.1. The predicted molar refractivity (Wildman–Crippen MR) is 219 cm³/mol. The van der Waals surface area contributed by atoms with Crippen LogP contribution in [-0.2, 0) is 15.1 Å². The van der Waals surface area contributed by atoms with E-state index in [-0.39, 0.29) is 13.2 Å². The number of ether oxygens (including phenoxy) is 5. The first kappa shape index (κ1) is 39.0. The van der Waals surface area contributed by atoms with Crippen LogP contribution in [0.3, 0.4) is 0 Å². The molecule has 0 radical (unpaired) electrons. The largest absolute Gasteiger partial charge is 0.497 e. The number of aromatic nitrogens is 2. The Balaban J connectivity index is 1.44. The highest BCUT2D eigenvalue weighted by Crippen LogP contribution is 2.51. The molecular weight excluding hydrogens is 819 g/mol. The van der Waals surface area contributed by atoms with Gasteiger partial charge in [0.05, 0.1) is 53.3 Å². The molecule has 53 heavy (non-hydrogen) atoms. The number of methoxy groups -OCH3 is 2. The minimum Gasteiger partial charge on any atom is -0.497 e. The summed E-state index contributed by atoms with van der Waals surface area (Å²) in [6, 6.07) is 25.7. The van der Waals surface area contributed by atoms with Crippen LogP contribution in [0.15, 0.2) is 102 Å². The van der Waals surface area contributed by atoms with E-state index in [0.717, 1.165) is 64.4 Å². The fourth-order valence-corrected chi connectivity index (χ4v) is 8.90. The first-order chi connectivity index (χ1) is 25.6. The van der Waals surface area contributed by atoms with E-state index in [9.17, 15) is 0 Å². The number of thiophene rings is 1. The number of fused-ring (bicyclic) bond motifs is 1. The van der Waals surface area contributed by atoms with Gasteiger partial charge in [0, 0.05) is 5.56 Å². The maximum Gasteiger partial charge on any atom is 0.157 e. The van der Waals surface area contributed by atoms with Crippen LogP contribution in [0.4, 0.5) is 0 Å². The molecule has 0 aliphatic carbocycles. The van der Waals surface area contributed by atoms with E-state index in [1.165, 1.54) is 17.7 Å². The zero-order valence-corrected chi connectivity index (χ0v) is 34.1. The highest BCUT2D eigenvalue weighted by Gasteiger charge is 2.39. The monoisotopic (exact) mass is 852 g/mol. The second-order valence-electron chi connectivity index (χ2n) is 12.1. The summed E-state index contributed by atoms with van der Waals surface area (Å²) in [5, 5.41) is 1.76. The lowest BCUT2D eigenvalue weighted by molar-refractivity contribution is -0.0523. The fourth-order valence-electron chi connectivity index (χ4n) is 6.37. The minimum atomic E-state index is -1.09. The molecule has 0 unspecified atom stereocenters. The Labute approximate surface area is 336 Å². The normalized spacial score (nSPS) is 12.2. The second kappa shape index (κ2) is 17.2. The van der Waals surface area contributed by atoms with E-state index in [0.29, 0.717) is 27.6 Å². The Morgan fingerprint density at radius 1 is 0.792 bits per heavy atom. The van der Waals surface area contributed by atoms with E-state index >= 15 is 0 Å². The van der Waals surface area contributed by atoms with Crippen LogP contribution in [0.25, 0.3) is 21.3 Å². The summed E-state index contributed by atoms with van der Waals surface area (Å²) in [4.78, 5) is 9.39. The van der Waals surface area contributed by atoms with Crippen LogP contribution < -0.4 is 14.2 Å². The molecule has 0 amide bonds.